The van der Waals surface area contributed by atoms with Crippen molar-refractivity contribution in [2.45, 2.75) is 70.6 Å². The van der Waals surface area contributed by atoms with Gasteiger partial charge in [-0.25, -0.2) is 0 Å². The zero-order chi connectivity index (χ0) is 21.5. The van der Waals surface area contributed by atoms with Crippen molar-refractivity contribution < 1.29 is 9.53 Å². The second-order valence-electron chi connectivity index (χ2n) is 9.76. The van der Waals surface area contributed by atoms with Crippen LogP contribution in [0, 0.1) is 5.92 Å². The first-order valence-corrected chi connectivity index (χ1v) is 12.6. The molecule has 0 bridgehead atoms. The van der Waals surface area contributed by atoms with Gasteiger partial charge in [-0.15, -0.1) is 0 Å². The van der Waals surface area contributed by atoms with Crippen molar-refractivity contribution in [1.82, 2.24) is 14.7 Å². The number of nitrogens with zero attached hydrogens (tertiary/aromatic N) is 3. The number of piperidine rings is 3. The van der Waals surface area contributed by atoms with Crippen molar-refractivity contribution in [2.24, 2.45) is 5.92 Å². The van der Waals surface area contributed by atoms with Gasteiger partial charge in [-0.05, 0) is 69.6 Å². The van der Waals surface area contributed by atoms with E-state index in [9.17, 15) is 4.79 Å². The van der Waals surface area contributed by atoms with Crippen LogP contribution < -0.4 is 0 Å². The van der Waals surface area contributed by atoms with Crippen molar-refractivity contribution in [3.05, 3.63) is 35.9 Å². The fourth-order valence-electron chi connectivity index (χ4n) is 5.44. The van der Waals surface area contributed by atoms with Crippen LogP contribution >= 0.6 is 0 Å². The summed E-state index contributed by atoms with van der Waals surface area (Å²) in [5.74, 6) is 0.966. The molecular weight excluding hydrogens is 386 g/mol. The molecule has 3 aliphatic rings. The first kappa shape index (κ1) is 22.8. The Morgan fingerprint density at radius 1 is 0.839 bits per heavy atom. The number of hydrogen-bond acceptors (Lipinski definition) is 4. The van der Waals surface area contributed by atoms with E-state index in [1.165, 1.54) is 18.4 Å². The summed E-state index contributed by atoms with van der Waals surface area (Å²) in [6.45, 7) is 10.7. The third-order valence-electron chi connectivity index (χ3n) is 7.58. The zero-order valence-corrected chi connectivity index (χ0v) is 19.4. The molecule has 0 N–H and O–H groups in total. The van der Waals surface area contributed by atoms with Crippen LogP contribution in [0.15, 0.2) is 30.3 Å². The summed E-state index contributed by atoms with van der Waals surface area (Å²) >= 11 is 0. The molecule has 0 aliphatic carbocycles. The third kappa shape index (κ3) is 6.77. The van der Waals surface area contributed by atoms with E-state index in [-0.39, 0.29) is 0 Å². The predicted molar refractivity (Wildman–Crippen MR) is 125 cm³/mol. The molecule has 3 heterocycles. The van der Waals surface area contributed by atoms with E-state index in [0.29, 0.717) is 24.0 Å². The standard InChI is InChI=1S/C26H41N3O2/c1-2-27-14-8-22(9-15-27)20-26(30)29-18-12-25(13-19-29)31-24-10-16-28(17-11-24)21-23-6-4-3-5-7-23/h3-7,22,24-25H,2,8-21H2,1H3. The summed E-state index contributed by atoms with van der Waals surface area (Å²) in [7, 11) is 0. The molecule has 0 spiro atoms. The molecule has 5 nitrogen and oxygen atoms in total. The summed E-state index contributed by atoms with van der Waals surface area (Å²) in [6, 6.07) is 10.8. The largest absolute Gasteiger partial charge is 0.375 e. The number of hydrogen-bond donors (Lipinski definition) is 0. The number of benzene rings is 1. The molecule has 0 radical (unpaired) electrons. The van der Waals surface area contributed by atoms with Gasteiger partial charge in [0.1, 0.15) is 0 Å². The van der Waals surface area contributed by atoms with Crippen molar-refractivity contribution in [3.63, 3.8) is 0 Å². The maximum absolute atomic E-state index is 12.8. The average molecular weight is 428 g/mol. The second kappa shape index (κ2) is 11.4. The highest BCUT2D eigenvalue weighted by molar-refractivity contribution is 5.76. The van der Waals surface area contributed by atoms with E-state index < -0.39 is 0 Å². The molecule has 1 amide bonds. The van der Waals surface area contributed by atoms with Gasteiger partial charge in [0.15, 0.2) is 0 Å². The minimum Gasteiger partial charge on any atom is -0.375 e. The molecule has 0 atom stereocenters. The molecule has 0 saturated carbocycles. The summed E-state index contributed by atoms with van der Waals surface area (Å²) in [4.78, 5) is 19.9. The van der Waals surface area contributed by atoms with E-state index >= 15 is 0 Å². The molecule has 31 heavy (non-hydrogen) atoms. The summed E-state index contributed by atoms with van der Waals surface area (Å²) < 4.78 is 6.46. The van der Waals surface area contributed by atoms with Crippen molar-refractivity contribution >= 4 is 5.91 Å². The van der Waals surface area contributed by atoms with E-state index in [1.54, 1.807) is 0 Å². The van der Waals surface area contributed by atoms with E-state index in [0.717, 1.165) is 84.5 Å². The number of carbonyl (C=O) groups excluding carboxylic acids is 1. The van der Waals surface area contributed by atoms with Gasteiger partial charge in [0.2, 0.25) is 5.91 Å². The van der Waals surface area contributed by atoms with E-state index in [4.69, 9.17) is 4.74 Å². The van der Waals surface area contributed by atoms with Crippen LogP contribution in [0.25, 0.3) is 0 Å². The Labute approximate surface area is 188 Å². The Kier molecular flexibility index (Phi) is 8.40. The molecule has 3 aliphatic heterocycles. The molecule has 0 aromatic heterocycles. The molecule has 1 aromatic carbocycles. The number of rotatable bonds is 7. The fraction of sp³-hybridized carbons (Fsp3) is 0.731. The number of likely N-dealkylation sites (tertiary alicyclic amines) is 3. The quantitative estimate of drug-likeness (QED) is 0.664. The van der Waals surface area contributed by atoms with Gasteiger partial charge < -0.3 is 14.5 Å². The normalized spacial score (nSPS) is 23.3. The lowest BCUT2D eigenvalue weighted by Gasteiger charge is -2.38. The SMILES string of the molecule is CCN1CCC(CC(=O)N2CCC(OC3CCN(Cc4ccccc4)CC3)CC2)CC1. The maximum Gasteiger partial charge on any atom is 0.222 e. The highest BCUT2D eigenvalue weighted by Gasteiger charge is 2.29. The Balaban J connectivity index is 1.11. The van der Waals surface area contributed by atoms with Crippen LogP contribution in [0.5, 0.6) is 0 Å². The first-order valence-electron chi connectivity index (χ1n) is 12.6. The molecule has 3 fully saturated rings. The summed E-state index contributed by atoms with van der Waals surface area (Å²) in [5.41, 5.74) is 1.40. The van der Waals surface area contributed by atoms with Gasteiger partial charge in [-0.2, -0.15) is 0 Å². The highest BCUT2D eigenvalue weighted by atomic mass is 16.5. The van der Waals surface area contributed by atoms with Gasteiger partial charge in [0.05, 0.1) is 12.2 Å². The third-order valence-corrected chi connectivity index (χ3v) is 7.58. The lowest BCUT2D eigenvalue weighted by Crippen LogP contribution is -2.44. The van der Waals surface area contributed by atoms with Gasteiger partial charge >= 0.3 is 0 Å². The lowest BCUT2D eigenvalue weighted by atomic mass is 9.92. The monoisotopic (exact) mass is 427 g/mol. The zero-order valence-electron chi connectivity index (χ0n) is 19.4. The molecule has 172 valence electrons. The minimum absolute atomic E-state index is 0.336. The molecule has 3 saturated heterocycles. The Hall–Kier alpha value is -1.43. The molecule has 4 rings (SSSR count). The molecule has 5 heteroatoms. The second-order valence-corrected chi connectivity index (χ2v) is 9.76. The van der Waals surface area contributed by atoms with Crippen LogP contribution in [0.3, 0.4) is 0 Å². The number of amides is 1. The fourth-order valence-corrected chi connectivity index (χ4v) is 5.44. The summed E-state index contributed by atoms with van der Waals surface area (Å²) in [6.07, 6.45) is 8.11. The Morgan fingerprint density at radius 3 is 2.03 bits per heavy atom. The van der Waals surface area contributed by atoms with Crippen LogP contribution in [0.4, 0.5) is 0 Å². The van der Waals surface area contributed by atoms with Gasteiger partial charge in [-0.3, -0.25) is 9.69 Å². The first-order chi connectivity index (χ1) is 15.2. The molecule has 1 aromatic rings. The molecule has 0 unspecified atom stereocenters. The van der Waals surface area contributed by atoms with Gasteiger partial charge in [-0.1, -0.05) is 37.3 Å². The number of carbonyl (C=O) groups is 1. The Morgan fingerprint density at radius 2 is 1.42 bits per heavy atom. The maximum atomic E-state index is 12.8. The van der Waals surface area contributed by atoms with Crippen molar-refractivity contribution in [2.75, 3.05) is 45.8 Å². The van der Waals surface area contributed by atoms with Crippen LogP contribution in [0.1, 0.15) is 57.4 Å². The summed E-state index contributed by atoms with van der Waals surface area (Å²) in [5, 5.41) is 0. The van der Waals surface area contributed by atoms with Gasteiger partial charge in [0.25, 0.3) is 0 Å². The minimum atomic E-state index is 0.336. The van der Waals surface area contributed by atoms with Crippen LogP contribution in [0.2, 0.25) is 0 Å². The topological polar surface area (TPSA) is 36.0 Å². The lowest BCUT2D eigenvalue weighted by molar-refractivity contribution is -0.136. The molecular formula is C26H41N3O2. The van der Waals surface area contributed by atoms with Gasteiger partial charge in [0, 0.05) is 39.1 Å². The van der Waals surface area contributed by atoms with Crippen molar-refractivity contribution in [3.8, 4) is 0 Å². The highest BCUT2D eigenvalue weighted by Crippen LogP contribution is 2.25. The smallest absolute Gasteiger partial charge is 0.222 e. The van der Waals surface area contributed by atoms with Crippen LogP contribution in [-0.4, -0.2) is 78.6 Å². The van der Waals surface area contributed by atoms with E-state index in [1.807, 2.05) is 0 Å². The average Bonchev–Trinajstić information content (AvgIpc) is 2.82. The Bertz CT molecular complexity index is 658. The predicted octanol–water partition coefficient (Wildman–Crippen LogP) is 3.78. The number of ether oxygens (including phenoxy) is 1. The van der Waals surface area contributed by atoms with Crippen LogP contribution in [-0.2, 0) is 16.1 Å². The van der Waals surface area contributed by atoms with E-state index in [2.05, 4.69) is 52.0 Å². The van der Waals surface area contributed by atoms with Crippen molar-refractivity contribution in [1.29, 1.82) is 0 Å².